The number of hydrogen-bond donors (Lipinski definition) is 0. The van der Waals surface area contributed by atoms with E-state index in [-0.39, 0.29) is 6.79 Å². The van der Waals surface area contributed by atoms with Gasteiger partial charge in [-0.25, -0.2) is 0 Å². The smallest absolute Gasteiger partial charge is 0.188 e. The normalized spacial score (nSPS) is 10.3. The van der Waals surface area contributed by atoms with Gasteiger partial charge in [0.15, 0.2) is 18.3 Å². The van der Waals surface area contributed by atoms with Crippen LogP contribution >= 0.6 is 27.5 Å². The molecule has 0 spiro atoms. The van der Waals surface area contributed by atoms with E-state index in [9.17, 15) is 0 Å². The lowest BCUT2D eigenvalue weighted by molar-refractivity contribution is 0.0495. The Kier molecular flexibility index (Phi) is 5.07. The molecule has 0 N–H and O–H groups in total. The molecule has 3 nitrogen and oxygen atoms in total. The maximum Gasteiger partial charge on any atom is 0.188 e. The van der Waals surface area contributed by atoms with Crippen LogP contribution in [-0.4, -0.2) is 13.9 Å². The van der Waals surface area contributed by atoms with E-state index in [2.05, 4.69) is 15.9 Å². The van der Waals surface area contributed by atoms with Crippen LogP contribution < -0.4 is 9.47 Å². The predicted molar refractivity (Wildman–Crippen MR) is 78.2 cm³/mol. The first-order valence-corrected chi connectivity index (χ1v) is 6.71. The van der Waals surface area contributed by atoms with Gasteiger partial charge in [0.25, 0.3) is 0 Å². The topological polar surface area (TPSA) is 27.7 Å². The second-order valence-corrected chi connectivity index (χ2v) is 5.05. The van der Waals surface area contributed by atoms with Gasteiger partial charge < -0.3 is 14.2 Å². The highest BCUT2D eigenvalue weighted by Gasteiger charge is 2.07. The molecule has 19 heavy (non-hydrogen) atoms. The molecular weight excluding hydrogens is 332 g/mol. The van der Waals surface area contributed by atoms with Crippen molar-refractivity contribution < 1.29 is 14.2 Å². The summed E-state index contributed by atoms with van der Waals surface area (Å²) in [5.41, 5.74) is 0. The molecule has 0 unspecified atom stereocenters. The van der Waals surface area contributed by atoms with Crippen LogP contribution in [0.1, 0.15) is 0 Å². The first-order valence-electron chi connectivity index (χ1n) is 5.54. The van der Waals surface area contributed by atoms with E-state index in [1.807, 2.05) is 24.3 Å². The highest BCUT2D eigenvalue weighted by Crippen LogP contribution is 2.34. The van der Waals surface area contributed by atoms with Gasteiger partial charge in [0.1, 0.15) is 5.75 Å². The molecule has 0 radical (unpaired) electrons. The number of benzene rings is 2. The highest BCUT2D eigenvalue weighted by atomic mass is 79.9. The molecule has 5 heteroatoms. The highest BCUT2D eigenvalue weighted by molar-refractivity contribution is 9.10. The van der Waals surface area contributed by atoms with Crippen LogP contribution in [0, 0.1) is 0 Å². The Morgan fingerprint density at radius 2 is 1.95 bits per heavy atom. The minimum atomic E-state index is 0.134. The van der Waals surface area contributed by atoms with Crippen molar-refractivity contribution in [2.45, 2.75) is 0 Å². The van der Waals surface area contributed by atoms with Crippen LogP contribution in [0.5, 0.6) is 17.2 Å². The van der Waals surface area contributed by atoms with Gasteiger partial charge in [0.2, 0.25) is 0 Å². The fourth-order valence-corrected chi connectivity index (χ4v) is 2.00. The standard InChI is InChI=1S/C14H12BrClO3/c1-17-9-18-14-8-11(16)5-6-13(14)19-12-4-2-3-10(15)7-12/h2-8H,9H2,1H3. The number of halogens is 2. The van der Waals surface area contributed by atoms with Crippen LogP contribution in [0.3, 0.4) is 0 Å². The maximum atomic E-state index is 5.94. The Hall–Kier alpha value is -1.23. The van der Waals surface area contributed by atoms with Crippen molar-refractivity contribution in [3.05, 3.63) is 52.0 Å². The number of ether oxygens (including phenoxy) is 3. The van der Waals surface area contributed by atoms with Gasteiger partial charge in [-0.3, -0.25) is 0 Å². The van der Waals surface area contributed by atoms with Crippen molar-refractivity contribution in [3.63, 3.8) is 0 Å². The van der Waals surface area contributed by atoms with Gasteiger partial charge in [-0.05, 0) is 30.3 Å². The first kappa shape index (κ1) is 14.2. The van der Waals surface area contributed by atoms with Gasteiger partial charge in [-0.1, -0.05) is 33.6 Å². The second kappa shape index (κ2) is 6.80. The average Bonchev–Trinajstić information content (AvgIpc) is 2.39. The molecule has 0 aromatic heterocycles. The van der Waals surface area contributed by atoms with Crippen molar-refractivity contribution in [3.8, 4) is 17.2 Å². The fourth-order valence-electron chi connectivity index (χ4n) is 1.46. The lowest BCUT2D eigenvalue weighted by Crippen LogP contribution is -2.00. The van der Waals surface area contributed by atoms with Crippen molar-refractivity contribution >= 4 is 27.5 Å². The van der Waals surface area contributed by atoms with Gasteiger partial charge in [0, 0.05) is 22.7 Å². The minimum absolute atomic E-state index is 0.134. The quantitative estimate of drug-likeness (QED) is 0.724. The zero-order valence-corrected chi connectivity index (χ0v) is 12.6. The van der Waals surface area contributed by atoms with Gasteiger partial charge in [-0.2, -0.15) is 0 Å². The van der Waals surface area contributed by atoms with Crippen LogP contribution in [0.4, 0.5) is 0 Å². The van der Waals surface area contributed by atoms with Gasteiger partial charge >= 0.3 is 0 Å². The van der Waals surface area contributed by atoms with Crippen molar-refractivity contribution in [1.29, 1.82) is 0 Å². The molecule has 0 fully saturated rings. The Balaban J connectivity index is 2.23. The summed E-state index contributed by atoms with van der Waals surface area (Å²) in [7, 11) is 1.55. The minimum Gasteiger partial charge on any atom is -0.464 e. The van der Waals surface area contributed by atoms with E-state index >= 15 is 0 Å². The Bertz CT molecular complexity index is 560. The molecule has 0 amide bonds. The maximum absolute atomic E-state index is 5.94. The molecule has 0 bridgehead atoms. The van der Waals surface area contributed by atoms with Crippen LogP contribution in [0.2, 0.25) is 5.02 Å². The Morgan fingerprint density at radius 3 is 2.68 bits per heavy atom. The molecule has 0 saturated carbocycles. The largest absolute Gasteiger partial charge is 0.464 e. The molecule has 100 valence electrons. The number of methoxy groups -OCH3 is 1. The summed E-state index contributed by atoms with van der Waals surface area (Å²) in [6.07, 6.45) is 0. The van der Waals surface area contributed by atoms with Crippen molar-refractivity contribution in [2.24, 2.45) is 0 Å². The predicted octanol–water partition coefficient (Wildman–Crippen LogP) is 4.88. The third-order valence-electron chi connectivity index (χ3n) is 2.26. The Labute approximate surface area is 125 Å². The summed E-state index contributed by atoms with van der Waals surface area (Å²) < 4.78 is 17.0. The second-order valence-electron chi connectivity index (χ2n) is 3.70. The Morgan fingerprint density at radius 1 is 1.11 bits per heavy atom. The summed E-state index contributed by atoms with van der Waals surface area (Å²) in [6, 6.07) is 12.7. The van der Waals surface area contributed by atoms with Crippen LogP contribution in [0.25, 0.3) is 0 Å². The average molecular weight is 344 g/mol. The third-order valence-corrected chi connectivity index (χ3v) is 2.99. The van der Waals surface area contributed by atoms with Crippen LogP contribution in [-0.2, 0) is 4.74 Å². The SMILES string of the molecule is COCOc1cc(Cl)ccc1Oc1cccc(Br)c1. The first-order chi connectivity index (χ1) is 9.19. The molecule has 2 aromatic carbocycles. The molecule has 0 atom stereocenters. The summed E-state index contributed by atoms with van der Waals surface area (Å²) in [5.74, 6) is 1.83. The molecule has 2 aromatic rings. The van der Waals surface area contributed by atoms with Crippen LogP contribution in [0.15, 0.2) is 46.9 Å². The van der Waals surface area contributed by atoms with E-state index in [4.69, 9.17) is 25.8 Å². The summed E-state index contributed by atoms with van der Waals surface area (Å²) in [6.45, 7) is 0.134. The zero-order chi connectivity index (χ0) is 13.7. The molecular formula is C14H12BrClO3. The molecule has 0 aliphatic rings. The third kappa shape index (κ3) is 4.13. The van der Waals surface area contributed by atoms with E-state index in [1.54, 1.807) is 25.3 Å². The van der Waals surface area contributed by atoms with Crippen molar-refractivity contribution in [2.75, 3.05) is 13.9 Å². The summed E-state index contributed by atoms with van der Waals surface area (Å²) >= 11 is 9.34. The van der Waals surface area contributed by atoms with E-state index in [0.717, 1.165) is 4.47 Å². The molecule has 0 saturated heterocycles. The molecule has 0 heterocycles. The zero-order valence-electron chi connectivity index (χ0n) is 10.2. The molecule has 0 aliphatic carbocycles. The summed E-state index contributed by atoms with van der Waals surface area (Å²) in [5, 5.41) is 0.577. The summed E-state index contributed by atoms with van der Waals surface area (Å²) in [4.78, 5) is 0. The molecule has 0 aliphatic heterocycles. The monoisotopic (exact) mass is 342 g/mol. The number of rotatable bonds is 5. The molecule has 2 rings (SSSR count). The lowest BCUT2D eigenvalue weighted by Gasteiger charge is -2.12. The van der Waals surface area contributed by atoms with Gasteiger partial charge in [0.05, 0.1) is 0 Å². The lowest BCUT2D eigenvalue weighted by atomic mass is 10.3. The number of hydrogen-bond acceptors (Lipinski definition) is 3. The van der Waals surface area contributed by atoms with Crippen molar-refractivity contribution in [1.82, 2.24) is 0 Å². The van der Waals surface area contributed by atoms with E-state index in [0.29, 0.717) is 22.3 Å². The van der Waals surface area contributed by atoms with E-state index < -0.39 is 0 Å². The van der Waals surface area contributed by atoms with E-state index in [1.165, 1.54) is 0 Å². The fraction of sp³-hybridized carbons (Fsp3) is 0.143. The van der Waals surface area contributed by atoms with Gasteiger partial charge in [-0.15, -0.1) is 0 Å².